The number of aromatic amines is 1. The van der Waals surface area contributed by atoms with Gasteiger partial charge in [0.15, 0.2) is 5.16 Å². The summed E-state index contributed by atoms with van der Waals surface area (Å²) in [7, 11) is 3.26. The van der Waals surface area contributed by atoms with Crippen LogP contribution in [0.3, 0.4) is 0 Å². The molecule has 6 nitrogen and oxygen atoms in total. The van der Waals surface area contributed by atoms with Gasteiger partial charge in [0.05, 0.1) is 7.11 Å². The lowest BCUT2D eigenvalue weighted by Crippen LogP contribution is -2.18. The first-order valence-electron chi connectivity index (χ1n) is 6.75. The summed E-state index contributed by atoms with van der Waals surface area (Å²) in [5, 5.41) is 7.83. The van der Waals surface area contributed by atoms with Gasteiger partial charge in [-0.1, -0.05) is 23.4 Å². The number of hydrogen-bond acceptors (Lipinski definition) is 5. The van der Waals surface area contributed by atoms with E-state index in [0.29, 0.717) is 29.1 Å². The minimum absolute atomic E-state index is 0.211. The van der Waals surface area contributed by atoms with Gasteiger partial charge in [0.25, 0.3) is 0 Å². The summed E-state index contributed by atoms with van der Waals surface area (Å²) in [6.07, 6.45) is 0.754. The molecule has 0 radical (unpaired) electrons. The van der Waals surface area contributed by atoms with Crippen LogP contribution in [0.1, 0.15) is 12.0 Å². The van der Waals surface area contributed by atoms with Gasteiger partial charge in [0.1, 0.15) is 5.75 Å². The van der Waals surface area contributed by atoms with Crippen molar-refractivity contribution in [1.29, 1.82) is 0 Å². The minimum atomic E-state index is -0.211. The molecule has 1 N–H and O–H groups in total. The van der Waals surface area contributed by atoms with Crippen LogP contribution >= 0.6 is 23.4 Å². The van der Waals surface area contributed by atoms with Crippen molar-refractivity contribution >= 4 is 23.4 Å². The monoisotopic (exact) mass is 343 g/mol. The molecular formula is C14H18ClN3O3S. The molecule has 0 aliphatic carbocycles. The van der Waals surface area contributed by atoms with Crippen LogP contribution in [0.5, 0.6) is 5.75 Å². The van der Waals surface area contributed by atoms with Crippen molar-refractivity contribution in [2.45, 2.75) is 23.9 Å². The Hall–Kier alpha value is -1.44. The third-order valence-electron chi connectivity index (χ3n) is 3.05. The molecule has 0 saturated heterocycles. The maximum Gasteiger partial charge on any atom is 0.343 e. The van der Waals surface area contributed by atoms with Crippen molar-refractivity contribution < 1.29 is 9.47 Å². The smallest absolute Gasteiger partial charge is 0.343 e. The van der Waals surface area contributed by atoms with E-state index >= 15 is 0 Å². The average molecular weight is 344 g/mol. The number of H-pyrrole nitrogens is 1. The van der Waals surface area contributed by atoms with Crippen LogP contribution in [0.25, 0.3) is 0 Å². The molecule has 22 heavy (non-hydrogen) atoms. The lowest BCUT2D eigenvalue weighted by atomic mass is 10.2. The number of aromatic nitrogens is 3. The van der Waals surface area contributed by atoms with Crippen LogP contribution in [0, 0.1) is 0 Å². The summed E-state index contributed by atoms with van der Waals surface area (Å²) in [6, 6.07) is 5.46. The highest BCUT2D eigenvalue weighted by molar-refractivity contribution is 7.98. The summed E-state index contributed by atoms with van der Waals surface area (Å²) in [5.74, 6) is 1.37. The molecule has 8 heteroatoms. The molecule has 0 atom stereocenters. The van der Waals surface area contributed by atoms with E-state index in [4.69, 9.17) is 21.1 Å². The largest absolute Gasteiger partial charge is 0.496 e. The maximum absolute atomic E-state index is 11.8. The molecule has 0 bridgehead atoms. The van der Waals surface area contributed by atoms with Gasteiger partial charge in [-0.05, 0) is 24.6 Å². The van der Waals surface area contributed by atoms with Gasteiger partial charge in [-0.2, -0.15) is 0 Å². The summed E-state index contributed by atoms with van der Waals surface area (Å²) in [4.78, 5) is 11.8. The highest BCUT2D eigenvalue weighted by atomic mass is 35.5. The Balaban J connectivity index is 2.09. The van der Waals surface area contributed by atoms with Crippen LogP contribution < -0.4 is 10.4 Å². The van der Waals surface area contributed by atoms with E-state index in [1.165, 1.54) is 11.8 Å². The summed E-state index contributed by atoms with van der Waals surface area (Å²) < 4.78 is 11.9. The first-order chi connectivity index (χ1) is 10.7. The second kappa shape index (κ2) is 8.26. The number of ether oxygens (including phenoxy) is 2. The third-order valence-corrected chi connectivity index (χ3v) is 4.31. The summed E-state index contributed by atoms with van der Waals surface area (Å²) >= 11 is 7.48. The van der Waals surface area contributed by atoms with Crippen LogP contribution in [-0.2, 0) is 17.0 Å². The quantitative estimate of drug-likeness (QED) is 0.589. The first-order valence-corrected chi connectivity index (χ1v) is 8.11. The fraction of sp³-hybridized carbons (Fsp3) is 0.429. The van der Waals surface area contributed by atoms with Crippen LogP contribution in [0.4, 0.5) is 0 Å². The zero-order valence-electron chi connectivity index (χ0n) is 12.5. The van der Waals surface area contributed by atoms with Crippen molar-refractivity contribution in [3.63, 3.8) is 0 Å². The summed E-state index contributed by atoms with van der Waals surface area (Å²) in [6.45, 7) is 1.17. The molecular weight excluding hydrogens is 326 g/mol. The van der Waals surface area contributed by atoms with Gasteiger partial charge in [-0.3, -0.25) is 4.57 Å². The predicted octanol–water partition coefficient (Wildman–Crippen LogP) is 2.56. The van der Waals surface area contributed by atoms with Gasteiger partial charge in [0.2, 0.25) is 0 Å². The second-order valence-corrected chi connectivity index (χ2v) is 5.93. The zero-order chi connectivity index (χ0) is 15.9. The molecule has 2 aromatic rings. The van der Waals surface area contributed by atoms with Crippen LogP contribution in [0.15, 0.2) is 28.2 Å². The van der Waals surface area contributed by atoms with E-state index in [1.54, 1.807) is 24.9 Å². The highest BCUT2D eigenvalue weighted by Crippen LogP contribution is 2.28. The number of methoxy groups -OCH3 is 2. The lowest BCUT2D eigenvalue weighted by Gasteiger charge is -2.09. The highest BCUT2D eigenvalue weighted by Gasteiger charge is 2.11. The number of hydrogen-bond donors (Lipinski definition) is 1. The Kier molecular flexibility index (Phi) is 6.35. The van der Waals surface area contributed by atoms with E-state index in [0.717, 1.165) is 17.7 Å². The van der Waals surface area contributed by atoms with Gasteiger partial charge in [-0.25, -0.2) is 9.89 Å². The molecule has 1 aromatic heterocycles. The van der Waals surface area contributed by atoms with E-state index < -0.39 is 0 Å². The number of rotatable bonds is 8. The van der Waals surface area contributed by atoms with E-state index in [2.05, 4.69) is 10.2 Å². The number of halogens is 1. The first kappa shape index (κ1) is 16.9. The third kappa shape index (κ3) is 4.28. The molecule has 0 amide bonds. The molecule has 0 fully saturated rings. The molecule has 0 unspecified atom stereocenters. The molecule has 2 rings (SSSR count). The Morgan fingerprint density at radius 2 is 2.23 bits per heavy atom. The van der Waals surface area contributed by atoms with Crippen molar-refractivity contribution in [3.8, 4) is 5.75 Å². The van der Waals surface area contributed by atoms with E-state index in [-0.39, 0.29) is 5.69 Å². The van der Waals surface area contributed by atoms with Gasteiger partial charge in [0, 0.05) is 36.6 Å². The SMILES string of the molecule is COCCCn1c(SCc2cc(Cl)ccc2OC)n[nH]c1=O. The zero-order valence-corrected chi connectivity index (χ0v) is 14.0. The van der Waals surface area contributed by atoms with Crippen LogP contribution in [0.2, 0.25) is 5.02 Å². The molecule has 0 aliphatic heterocycles. The molecule has 0 aliphatic rings. The fourth-order valence-corrected chi connectivity index (χ4v) is 3.12. The Morgan fingerprint density at radius 1 is 1.41 bits per heavy atom. The van der Waals surface area contributed by atoms with Gasteiger partial charge in [-0.15, -0.1) is 5.10 Å². The second-order valence-electron chi connectivity index (χ2n) is 4.55. The Morgan fingerprint density at radius 3 is 2.95 bits per heavy atom. The number of nitrogens with zero attached hydrogens (tertiary/aromatic N) is 2. The fourth-order valence-electron chi connectivity index (χ4n) is 1.98. The molecule has 120 valence electrons. The topological polar surface area (TPSA) is 69.1 Å². The van der Waals surface area contributed by atoms with Crippen molar-refractivity contribution in [2.24, 2.45) is 0 Å². The van der Waals surface area contributed by atoms with Crippen LogP contribution in [-0.4, -0.2) is 35.6 Å². The Labute approximate surface area is 137 Å². The van der Waals surface area contributed by atoms with Crippen molar-refractivity contribution in [1.82, 2.24) is 14.8 Å². The van der Waals surface area contributed by atoms with Gasteiger partial charge >= 0.3 is 5.69 Å². The predicted molar refractivity (Wildman–Crippen MR) is 86.9 cm³/mol. The number of benzene rings is 1. The van der Waals surface area contributed by atoms with Crippen molar-refractivity contribution in [3.05, 3.63) is 39.3 Å². The van der Waals surface area contributed by atoms with Gasteiger partial charge < -0.3 is 9.47 Å². The van der Waals surface area contributed by atoms with Crippen molar-refractivity contribution in [2.75, 3.05) is 20.8 Å². The Bertz CT molecular complexity index is 672. The minimum Gasteiger partial charge on any atom is -0.496 e. The normalized spacial score (nSPS) is 10.9. The van der Waals surface area contributed by atoms with E-state index in [1.807, 2.05) is 12.1 Å². The number of thioether (sulfide) groups is 1. The average Bonchev–Trinajstić information content (AvgIpc) is 2.86. The maximum atomic E-state index is 11.8. The number of nitrogens with one attached hydrogen (secondary N) is 1. The molecule has 1 aromatic carbocycles. The van der Waals surface area contributed by atoms with E-state index in [9.17, 15) is 4.79 Å². The standard InChI is InChI=1S/C14H18ClN3O3S/c1-20-7-3-6-18-13(19)16-17-14(18)22-9-10-8-11(15)4-5-12(10)21-2/h4-5,8H,3,6-7,9H2,1-2H3,(H,16,19). The molecule has 1 heterocycles. The molecule has 0 spiro atoms. The lowest BCUT2D eigenvalue weighted by molar-refractivity contribution is 0.189. The molecule has 0 saturated carbocycles. The summed E-state index contributed by atoms with van der Waals surface area (Å²) in [5.41, 5.74) is 0.746.